The van der Waals surface area contributed by atoms with Crippen molar-refractivity contribution in [3.63, 3.8) is 0 Å². The van der Waals surface area contributed by atoms with Gasteiger partial charge in [-0.25, -0.2) is 0 Å². The average molecular weight is 789 g/mol. The van der Waals surface area contributed by atoms with Gasteiger partial charge in [-0.1, -0.05) is 176 Å². The Kier molecular flexibility index (Phi) is 8.53. The van der Waals surface area contributed by atoms with Gasteiger partial charge in [0.25, 0.3) is 0 Å². The van der Waals surface area contributed by atoms with Crippen LogP contribution in [0.25, 0.3) is 111 Å². The molecule has 0 saturated heterocycles. The summed E-state index contributed by atoms with van der Waals surface area (Å²) < 4.78 is 4.84. The van der Waals surface area contributed by atoms with E-state index in [2.05, 4.69) is 252 Å². The summed E-state index contributed by atoms with van der Waals surface area (Å²) in [5, 5.41) is 4.95. The summed E-state index contributed by atoms with van der Waals surface area (Å²) in [6.45, 7) is 0. The lowest BCUT2D eigenvalue weighted by molar-refractivity contribution is 1.18. The number of hydrogen-bond donors (Lipinski definition) is 0. The van der Waals surface area contributed by atoms with E-state index in [9.17, 15) is 0 Å². The topological polar surface area (TPSA) is 9.86 Å². The number of para-hydroxylation sites is 1. The van der Waals surface area contributed by atoms with Crippen LogP contribution in [-0.4, -0.2) is 9.13 Å². The number of nitrogens with zero attached hydrogens (tertiary/aromatic N) is 2. The van der Waals surface area contributed by atoms with Crippen LogP contribution >= 0.6 is 0 Å². The van der Waals surface area contributed by atoms with Crippen LogP contribution < -0.4 is 0 Å². The Bertz CT molecular complexity index is 3580. The maximum atomic E-state index is 2.44. The number of rotatable bonds is 7. The zero-order valence-corrected chi connectivity index (χ0v) is 34.0. The highest BCUT2D eigenvalue weighted by Gasteiger charge is 2.17. The Labute approximate surface area is 360 Å². The second kappa shape index (κ2) is 14.8. The molecule has 290 valence electrons. The molecule has 0 bridgehead atoms. The van der Waals surface area contributed by atoms with Crippen molar-refractivity contribution in [2.75, 3.05) is 0 Å². The smallest absolute Gasteiger partial charge is 0.0547 e. The van der Waals surface area contributed by atoms with E-state index in [1.54, 1.807) is 0 Å². The largest absolute Gasteiger partial charge is 0.309 e. The van der Waals surface area contributed by atoms with Crippen molar-refractivity contribution in [2.45, 2.75) is 0 Å². The van der Waals surface area contributed by atoms with Crippen molar-refractivity contribution >= 4 is 43.6 Å². The fourth-order valence-electron chi connectivity index (χ4n) is 9.46. The zero-order valence-electron chi connectivity index (χ0n) is 34.0. The third-order valence-corrected chi connectivity index (χ3v) is 12.5. The van der Waals surface area contributed by atoms with Crippen molar-refractivity contribution in [2.24, 2.45) is 0 Å². The minimum Gasteiger partial charge on any atom is -0.309 e. The molecule has 2 nitrogen and oxygen atoms in total. The van der Waals surface area contributed by atoms with Crippen molar-refractivity contribution in [1.29, 1.82) is 0 Å². The van der Waals surface area contributed by atoms with E-state index in [-0.39, 0.29) is 0 Å². The lowest BCUT2D eigenvalue weighted by Crippen LogP contribution is -1.94. The molecule has 2 heterocycles. The molecule has 2 heteroatoms. The fraction of sp³-hybridized carbons (Fsp3) is 0. The minimum absolute atomic E-state index is 1.14. The summed E-state index contributed by atoms with van der Waals surface area (Å²) in [6, 6.07) is 88.4. The van der Waals surface area contributed by atoms with Crippen LogP contribution in [0.4, 0.5) is 0 Å². The molecular weight excluding hydrogens is 749 g/mol. The molecule has 0 unspecified atom stereocenters. The van der Waals surface area contributed by atoms with Gasteiger partial charge in [0.1, 0.15) is 0 Å². The van der Waals surface area contributed by atoms with E-state index in [0.29, 0.717) is 0 Å². The predicted octanol–water partition coefficient (Wildman–Crippen LogP) is 16.2. The Hall–Kier alpha value is -8.20. The first kappa shape index (κ1) is 35.7. The second-order valence-corrected chi connectivity index (χ2v) is 16.2. The summed E-state index contributed by atoms with van der Waals surface area (Å²) in [5.74, 6) is 0. The molecule has 12 rings (SSSR count). The Balaban J connectivity index is 0.994. The maximum absolute atomic E-state index is 2.44. The van der Waals surface area contributed by atoms with Gasteiger partial charge >= 0.3 is 0 Å². The minimum atomic E-state index is 1.14. The molecular formula is C60H40N2. The highest BCUT2D eigenvalue weighted by Crippen LogP contribution is 2.40. The summed E-state index contributed by atoms with van der Waals surface area (Å²) in [4.78, 5) is 0. The fourth-order valence-corrected chi connectivity index (χ4v) is 9.46. The monoisotopic (exact) mass is 788 g/mol. The van der Waals surface area contributed by atoms with E-state index >= 15 is 0 Å². The zero-order chi connectivity index (χ0) is 41.0. The van der Waals surface area contributed by atoms with E-state index in [1.165, 1.54) is 99.2 Å². The second-order valence-electron chi connectivity index (χ2n) is 16.2. The van der Waals surface area contributed by atoms with Gasteiger partial charge < -0.3 is 9.13 Å². The highest BCUT2D eigenvalue weighted by molar-refractivity contribution is 6.13. The molecule has 0 spiro atoms. The Morgan fingerprint density at radius 1 is 0.177 bits per heavy atom. The number of fused-ring (bicyclic) bond motifs is 6. The van der Waals surface area contributed by atoms with Gasteiger partial charge in [-0.05, 0) is 122 Å². The molecule has 0 amide bonds. The van der Waals surface area contributed by atoms with Crippen LogP contribution in [0, 0.1) is 0 Å². The quantitative estimate of drug-likeness (QED) is 0.152. The van der Waals surface area contributed by atoms with Crippen molar-refractivity contribution in [3.05, 3.63) is 243 Å². The van der Waals surface area contributed by atoms with Gasteiger partial charge in [0, 0.05) is 32.9 Å². The third kappa shape index (κ3) is 6.12. The number of aromatic nitrogens is 2. The molecule has 0 N–H and O–H groups in total. The normalized spacial score (nSPS) is 11.5. The van der Waals surface area contributed by atoms with Crippen LogP contribution in [0.1, 0.15) is 0 Å². The van der Waals surface area contributed by atoms with Gasteiger partial charge in [0.2, 0.25) is 0 Å². The molecule has 62 heavy (non-hydrogen) atoms. The van der Waals surface area contributed by atoms with Crippen LogP contribution in [0.15, 0.2) is 243 Å². The van der Waals surface area contributed by atoms with E-state index < -0.39 is 0 Å². The Morgan fingerprint density at radius 3 is 1.06 bits per heavy atom. The summed E-state index contributed by atoms with van der Waals surface area (Å²) in [5.41, 5.74) is 19.1. The van der Waals surface area contributed by atoms with Gasteiger partial charge in [-0.2, -0.15) is 0 Å². The molecule has 0 saturated carbocycles. The lowest BCUT2D eigenvalue weighted by atomic mass is 9.97. The standard InChI is InChI=1S/C60H40N2/c1-4-13-41(14-5-1)44-23-30-51(31-24-44)61-57-22-11-10-21-53(57)55-38-48(28-35-58(55)61)49-29-36-59-56(39-49)54-34-27-50(47-20-12-19-46(37-47)43-17-8-3-9-18-43)40-60(54)62(59)52-32-25-45(26-33-52)42-15-6-2-7-16-42/h1-40H. The van der Waals surface area contributed by atoms with Crippen molar-refractivity contribution < 1.29 is 0 Å². The molecule has 0 fully saturated rings. The molecule has 0 aliphatic rings. The summed E-state index contributed by atoms with van der Waals surface area (Å²) in [6.07, 6.45) is 0. The van der Waals surface area contributed by atoms with Gasteiger partial charge in [0.15, 0.2) is 0 Å². The van der Waals surface area contributed by atoms with Gasteiger partial charge in [-0.3, -0.25) is 0 Å². The SMILES string of the molecule is c1ccc(-c2ccc(-n3c4ccccc4c4cc(-c5ccc6c(c5)c5ccc(-c7cccc(-c8ccccc8)c7)cc5n6-c5ccc(-c6ccccc6)cc5)ccc43)cc2)cc1. The molecule has 0 radical (unpaired) electrons. The lowest BCUT2D eigenvalue weighted by Gasteiger charge is -2.11. The van der Waals surface area contributed by atoms with Crippen LogP contribution in [0.2, 0.25) is 0 Å². The van der Waals surface area contributed by atoms with E-state index in [0.717, 1.165) is 11.4 Å². The predicted molar refractivity (Wildman–Crippen MR) is 262 cm³/mol. The van der Waals surface area contributed by atoms with Crippen LogP contribution in [-0.2, 0) is 0 Å². The summed E-state index contributed by atoms with van der Waals surface area (Å²) >= 11 is 0. The maximum Gasteiger partial charge on any atom is 0.0547 e. The first-order valence-corrected chi connectivity index (χ1v) is 21.3. The molecule has 2 aromatic heterocycles. The molecule has 12 aromatic rings. The molecule has 10 aromatic carbocycles. The molecule has 0 atom stereocenters. The molecule has 0 aliphatic carbocycles. The number of hydrogen-bond acceptors (Lipinski definition) is 0. The summed E-state index contributed by atoms with van der Waals surface area (Å²) in [7, 11) is 0. The average Bonchev–Trinajstić information content (AvgIpc) is 3.86. The van der Waals surface area contributed by atoms with Gasteiger partial charge in [-0.15, -0.1) is 0 Å². The Morgan fingerprint density at radius 2 is 0.516 bits per heavy atom. The highest BCUT2D eigenvalue weighted by atomic mass is 15.0. The van der Waals surface area contributed by atoms with Gasteiger partial charge in [0.05, 0.1) is 22.1 Å². The van der Waals surface area contributed by atoms with E-state index in [1.807, 2.05) is 0 Å². The van der Waals surface area contributed by atoms with Crippen molar-refractivity contribution in [3.8, 4) is 67.0 Å². The first-order chi connectivity index (χ1) is 30.7. The number of benzene rings is 10. The first-order valence-electron chi connectivity index (χ1n) is 21.3. The van der Waals surface area contributed by atoms with E-state index in [4.69, 9.17) is 0 Å². The van der Waals surface area contributed by atoms with Crippen molar-refractivity contribution in [1.82, 2.24) is 9.13 Å². The van der Waals surface area contributed by atoms with Crippen LogP contribution in [0.5, 0.6) is 0 Å². The van der Waals surface area contributed by atoms with Crippen LogP contribution in [0.3, 0.4) is 0 Å². The third-order valence-electron chi connectivity index (χ3n) is 12.5. The molecule has 0 aliphatic heterocycles.